The molecule has 2 heterocycles. The molecule has 0 unspecified atom stereocenters. The molecule has 2 amide bonds. The number of hydrogen-bond donors (Lipinski definition) is 1. The summed E-state index contributed by atoms with van der Waals surface area (Å²) in [7, 11) is 0. The lowest BCUT2D eigenvalue weighted by Gasteiger charge is -2.23. The van der Waals surface area contributed by atoms with Gasteiger partial charge in [0.25, 0.3) is 5.91 Å². The second kappa shape index (κ2) is 7.02. The van der Waals surface area contributed by atoms with Gasteiger partial charge in [-0.1, -0.05) is 11.6 Å². The van der Waals surface area contributed by atoms with Crippen LogP contribution in [0.5, 0.6) is 0 Å². The molecule has 1 aliphatic rings. The Morgan fingerprint density at radius 3 is 2.74 bits per heavy atom. The van der Waals surface area contributed by atoms with Crippen LogP contribution >= 0.6 is 23.4 Å². The number of carbonyl (C=O) groups is 2. The van der Waals surface area contributed by atoms with Crippen molar-refractivity contribution >= 4 is 40.9 Å². The van der Waals surface area contributed by atoms with Crippen LogP contribution in [0.2, 0.25) is 5.02 Å². The van der Waals surface area contributed by atoms with Crippen LogP contribution in [0.4, 0.5) is 5.69 Å². The molecule has 0 spiro atoms. The number of amides is 2. The molecule has 2 aromatic rings. The van der Waals surface area contributed by atoms with Crippen LogP contribution in [0.25, 0.3) is 0 Å². The van der Waals surface area contributed by atoms with Gasteiger partial charge in [-0.05, 0) is 36.4 Å². The number of rotatable bonds is 3. The molecule has 1 aliphatic heterocycles. The molecule has 5 nitrogen and oxygen atoms in total. The van der Waals surface area contributed by atoms with Crippen LogP contribution in [0.3, 0.4) is 0 Å². The van der Waals surface area contributed by atoms with Crippen molar-refractivity contribution in [2.75, 3.05) is 16.9 Å². The van der Waals surface area contributed by atoms with Gasteiger partial charge in [-0.2, -0.15) is 0 Å². The summed E-state index contributed by atoms with van der Waals surface area (Å²) in [6.45, 7) is 0. The normalized spacial score (nSPS) is 17.1. The number of carbonyl (C=O) groups excluding carboxylic acids is 2. The summed E-state index contributed by atoms with van der Waals surface area (Å²) in [5.41, 5.74) is 1.14. The first kappa shape index (κ1) is 15.8. The van der Waals surface area contributed by atoms with E-state index < -0.39 is 6.04 Å². The minimum atomic E-state index is -0.497. The van der Waals surface area contributed by atoms with Gasteiger partial charge in [-0.3, -0.25) is 14.6 Å². The molecule has 0 bridgehead atoms. The number of halogens is 1. The maximum Gasteiger partial charge on any atom is 0.255 e. The van der Waals surface area contributed by atoms with Crippen molar-refractivity contribution < 1.29 is 9.59 Å². The Labute approximate surface area is 143 Å². The Bertz CT molecular complexity index is 709. The van der Waals surface area contributed by atoms with Crippen molar-refractivity contribution in [3.8, 4) is 0 Å². The van der Waals surface area contributed by atoms with Gasteiger partial charge in [0.05, 0.1) is 17.8 Å². The van der Waals surface area contributed by atoms with E-state index in [1.165, 1.54) is 0 Å². The molecule has 1 saturated heterocycles. The van der Waals surface area contributed by atoms with Crippen molar-refractivity contribution in [1.82, 2.24) is 9.88 Å². The van der Waals surface area contributed by atoms with Crippen LogP contribution in [0.15, 0.2) is 48.8 Å². The van der Waals surface area contributed by atoms with Crippen LogP contribution in [0.1, 0.15) is 10.4 Å². The highest BCUT2D eigenvalue weighted by Crippen LogP contribution is 2.24. The average molecular weight is 348 g/mol. The van der Waals surface area contributed by atoms with E-state index in [2.05, 4.69) is 10.3 Å². The van der Waals surface area contributed by atoms with E-state index in [9.17, 15) is 9.59 Å². The highest BCUT2D eigenvalue weighted by molar-refractivity contribution is 7.99. The fraction of sp³-hybridized carbons (Fsp3) is 0.188. The van der Waals surface area contributed by atoms with E-state index in [0.717, 1.165) is 0 Å². The van der Waals surface area contributed by atoms with Gasteiger partial charge in [-0.15, -0.1) is 11.8 Å². The second-order valence-electron chi connectivity index (χ2n) is 5.03. The fourth-order valence-electron chi connectivity index (χ4n) is 2.28. The fourth-order valence-corrected chi connectivity index (χ4v) is 3.56. The second-order valence-corrected chi connectivity index (χ2v) is 6.46. The maximum absolute atomic E-state index is 12.6. The summed E-state index contributed by atoms with van der Waals surface area (Å²) in [4.78, 5) is 30.6. The Morgan fingerprint density at radius 2 is 2.04 bits per heavy atom. The summed E-state index contributed by atoms with van der Waals surface area (Å²) < 4.78 is 0. The van der Waals surface area contributed by atoms with Crippen LogP contribution in [0, 0.1) is 0 Å². The summed E-state index contributed by atoms with van der Waals surface area (Å²) >= 11 is 7.40. The summed E-state index contributed by atoms with van der Waals surface area (Å²) in [6.07, 6.45) is 3.21. The Hall–Kier alpha value is -2.05. The molecule has 23 heavy (non-hydrogen) atoms. The van der Waals surface area contributed by atoms with Gasteiger partial charge >= 0.3 is 0 Å². The van der Waals surface area contributed by atoms with Crippen molar-refractivity contribution in [1.29, 1.82) is 0 Å². The third-order valence-electron chi connectivity index (χ3n) is 3.47. The SMILES string of the molecule is O=C(Nc1cccnc1)[C@H]1CSCN1C(=O)c1ccc(Cl)cc1. The number of aromatic nitrogens is 1. The zero-order valence-corrected chi connectivity index (χ0v) is 13.7. The summed E-state index contributed by atoms with van der Waals surface area (Å²) in [5, 5.41) is 3.37. The zero-order valence-electron chi connectivity index (χ0n) is 12.1. The number of benzene rings is 1. The first-order valence-corrected chi connectivity index (χ1v) is 8.53. The molecule has 3 rings (SSSR count). The lowest BCUT2D eigenvalue weighted by molar-refractivity contribution is -0.119. The topological polar surface area (TPSA) is 62.3 Å². The smallest absolute Gasteiger partial charge is 0.255 e. The number of nitrogens with one attached hydrogen (secondary N) is 1. The molecule has 0 radical (unpaired) electrons. The Morgan fingerprint density at radius 1 is 1.26 bits per heavy atom. The van der Waals surface area contributed by atoms with Gasteiger partial charge in [0, 0.05) is 22.5 Å². The number of nitrogens with zero attached hydrogens (tertiary/aromatic N) is 2. The summed E-state index contributed by atoms with van der Waals surface area (Å²) in [6, 6.07) is 9.69. The zero-order chi connectivity index (χ0) is 16.2. The van der Waals surface area contributed by atoms with E-state index in [4.69, 9.17) is 11.6 Å². The molecule has 1 aromatic carbocycles. The molecular weight excluding hydrogens is 334 g/mol. The van der Waals surface area contributed by atoms with Crippen molar-refractivity contribution in [3.63, 3.8) is 0 Å². The van der Waals surface area contributed by atoms with Gasteiger partial charge in [0.2, 0.25) is 5.91 Å². The minimum Gasteiger partial charge on any atom is -0.323 e. The Kier molecular flexibility index (Phi) is 4.83. The standard InChI is InChI=1S/C16H14ClN3O2S/c17-12-5-3-11(4-6-12)16(22)20-10-23-9-14(20)15(21)19-13-2-1-7-18-8-13/h1-8,14H,9-10H2,(H,19,21)/t14-/m1/s1. The summed E-state index contributed by atoms with van der Waals surface area (Å²) in [5.74, 6) is 0.696. The van der Waals surface area contributed by atoms with Crippen LogP contribution in [-0.4, -0.2) is 39.4 Å². The van der Waals surface area contributed by atoms with Gasteiger partial charge in [-0.25, -0.2) is 0 Å². The highest BCUT2D eigenvalue weighted by atomic mass is 35.5. The molecule has 0 aliphatic carbocycles. The highest BCUT2D eigenvalue weighted by Gasteiger charge is 2.35. The van der Waals surface area contributed by atoms with E-state index in [1.807, 2.05) is 0 Å². The monoisotopic (exact) mass is 347 g/mol. The maximum atomic E-state index is 12.6. The quantitative estimate of drug-likeness (QED) is 0.927. The van der Waals surface area contributed by atoms with Gasteiger partial charge in [0.15, 0.2) is 0 Å². The largest absolute Gasteiger partial charge is 0.323 e. The third kappa shape index (κ3) is 3.65. The first-order valence-electron chi connectivity index (χ1n) is 7.00. The van der Waals surface area contributed by atoms with Gasteiger partial charge in [0.1, 0.15) is 6.04 Å². The molecule has 1 atom stereocenters. The van der Waals surface area contributed by atoms with Crippen LogP contribution < -0.4 is 5.32 Å². The molecule has 0 saturated carbocycles. The minimum absolute atomic E-state index is 0.169. The molecule has 118 valence electrons. The number of hydrogen-bond acceptors (Lipinski definition) is 4. The number of thioether (sulfide) groups is 1. The lowest BCUT2D eigenvalue weighted by Crippen LogP contribution is -2.44. The molecule has 7 heteroatoms. The molecule has 1 N–H and O–H groups in total. The predicted molar refractivity (Wildman–Crippen MR) is 91.6 cm³/mol. The number of anilines is 1. The van der Waals surface area contributed by atoms with Crippen molar-refractivity contribution in [3.05, 3.63) is 59.4 Å². The van der Waals surface area contributed by atoms with Gasteiger partial charge < -0.3 is 10.2 Å². The predicted octanol–water partition coefficient (Wildman–Crippen LogP) is 2.89. The third-order valence-corrected chi connectivity index (χ3v) is 4.73. The van der Waals surface area contributed by atoms with E-state index in [-0.39, 0.29) is 11.8 Å². The van der Waals surface area contributed by atoms with Crippen molar-refractivity contribution in [2.24, 2.45) is 0 Å². The lowest BCUT2D eigenvalue weighted by atomic mass is 10.1. The molecular formula is C16H14ClN3O2S. The van der Waals surface area contributed by atoms with Crippen LogP contribution in [-0.2, 0) is 4.79 Å². The van der Waals surface area contributed by atoms with Crippen molar-refractivity contribution in [2.45, 2.75) is 6.04 Å². The average Bonchev–Trinajstić information content (AvgIpc) is 3.05. The van der Waals surface area contributed by atoms with E-state index >= 15 is 0 Å². The number of pyridine rings is 1. The Balaban J connectivity index is 1.73. The van der Waals surface area contributed by atoms with E-state index in [1.54, 1.807) is 65.5 Å². The molecule has 1 aromatic heterocycles. The molecule has 1 fully saturated rings. The van der Waals surface area contributed by atoms with E-state index in [0.29, 0.717) is 27.9 Å². The first-order chi connectivity index (χ1) is 11.1.